The smallest absolute Gasteiger partial charge is 0.307 e. The molecule has 4 rings (SSSR count). The molecule has 0 bridgehead atoms. The number of nitrogens with zero attached hydrogens (tertiary/aromatic N) is 4. The van der Waals surface area contributed by atoms with Crippen molar-refractivity contribution in [1.82, 2.24) is 20.2 Å². The fraction of sp³-hybridized carbons (Fsp3) is 0.111. The number of rotatable bonds is 4. The van der Waals surface area contributed by atoms with E-state index in [4.69, 9.17) is 4.42 Å². The molecule has 0 unspecified atom stereocenters. The molecule has 0 radical (unpaired) electrons. The highest BCUT2D eigenvalue weighted by Crippen LogP contribution is 2.35. The number of benzene rings is 2. The predicted molar refractivity (Wildman–Crippen MR) is 90.8 cm³/mol. The fourth-order valence-electron chi connectivity index (χ4n) is 2.84. The minimum absolute atomic E-state index is 0.130. The van der Waals surface area contributed by atoms with E-state index in [-0.39, 0.29) is 6.42 Å². The van der Waals surface area contributed by atoms with Gasteiger partial charge >= 0.3 is 5.97 Å². The number of fused-ring (bicyclic) bond motifs is 1. The second kappa shape index (κ2) is 5.86. The molecule has 0 aliphatic rings. The van der Waals surface area contributed by atoms with Crippen LogP contribution >= 0.6 is 0 Å². The van der Waals surface area contributed by atoms with Crippen molar-refractivity contribution < 1.29 is 14.3 Å². The van der Waals surface area contributed by atoms with Gasteiger partial charge in [0.1, 0.15) is 11.3 Å². The highest BCUT2D eigenvalue weighted by Gasteiger charge is 2.19. The molecule has 124 valence electrons. The van der Waals surface area contributed by atoms with E-state index in [1.165, 1.54) is 4.80 Å². The van der Waals surface area contributed by atoms with Crippen LogP contribution in [0.15, 0.2) is 52.9 Å². The summed E-state index contributed by atoms with van der Waals surface area (Å²) in [6, 6.07) is 15.0. The Morgan fingerprint density at radius 3 is 2.64 bits per heavy atom. The second-order valence-electron chi connectivity index (χ2n) is 5.66. The van der Waals surface area contributed by atoms with E-state index < -0.39 is 5.97 Å². The first-order valence-electron chi connectivity index (χ1n) is 7.69. The number of carbonyl (C=O) groups is 1. The van der Waals surface area contributed by atoms with Crippen molar-refractivity contribution >= 4 is 16.9 Å². The molecule has 4 aromatic rings. The van der Waals surface area contributed by atoms with Crippen LogP contribution in [-0.4, -0.2) is 31.3 Å². The summed E-state index contributed by atoms with van der Waals surface area (Å²) in [7, 11) is 1.69. The molecule has 0 atom stereocenters. The van der Waals surface area contributed by atoms with Crippen molar-refractivity contribution in [1.29, 1.82) is 0 Å². The number of furan rings is 1. The average Bonchev–Trinajstić information content (AvgIpc) is 3.19. The van der Waals surface area contributed by atoms with E-state index in [9.17, 15) is 9.90 Å². The lowest BCUT2D eigenvalue weighted by Gasteiger charge is -2.01. The predicted octanol–water partition coefficient (Wildman–Crippen LogP) is 2.92. The second-order valence-corrected chi connectivity index (χ2v) is 5.66. The van der Waals surface area contributed by atoms with Crippen molar-refractivity contribution in [2.24, 2.45) is 7.05 Å². The molecule has 2 aromatic carbocycles. The molecule has 0 fully saturated rings. The van der Waals surface area contributed by atoms with Gasteiger partial charge in [0, 0.05) is 22.1 Å². The van der Waals surface area contributed by atoms with E-state index in [0.717, 1.165) is 16.5 Å². The van der Waals surface area contributed by atoms with E-state index >= 15 is 0 Å². The summed E-state index contributed by atoms with van der Waals surface area (Å²) in [5, 5.41) is 22.1. The van der Waals surface area contributed by atoms with Crippen molar-refractivity contribution in [3.05, 3.63) is 54.1 Å². The molecule has 7 nitrogen and oxygen atoms in total. The zero-order valence-corrected chi connectivity index (χ0v) is 13.4. The van der Waals surface area contributed by atoms with Crippen LogP contribution in [0.5, 0.6) is 0 Å². The Morgan fingerprint density at radius 2 is 1.96 bits per heavy atom. The number of carboxylic acid groups (broad SMARTS) is 1. The summed E-state index contributed by atoms with van der Waals surface area (Å²) in [5.74, 6) is 0.137. The third kappa shape index (κ3) is 2.76. The zero-order valence-electron chi connectivity index (χ0n) is 13.4. The Balaban J connectivity index is 1.93. The zero-order chi connectivity index (χ0) is 17.4. The minimum Gasteiger partial charge on any atom is -0.481 e. The maximum atomic E-state index is 11.4. The van der Waals surface area contributed by atoms with Crippen molar-refractivity contribution in [3.63, 3.8) is 0 Å². The standard InChI is InChI=1S/C18H14N4O3/c1-22-20-18(19-21-22)12-7-8-15-13(9-12)14(10-16(23)24)17(25-15)11-5-3-2-4-6-11/h2-9H,10H2,1H3,(H,23,24). The molecule has 0 spiro atoms. The van der Waals surface area contributed by atoms with Crippen LogP contribution in [0.1, 0.15) is 5.56 Å². The average molecular weight is 334 g/mol. The number of hydrogen-bond donors (Lipinski definition) is 1. The molecule has 1 N–H and O–H groups in total. The number of hydrogen-bond acceptors (Lipinski definition) is 5. The summed E-state index contributed by atoms with van der Waals surface area (Å²) in [4.78, 5) is 12.7. The largest absolute Gasteiger partial charge is 0.481 e. The molecular weight excluding hydrogens is 320 g/mol. The lowest BCUT2D eigenvalue weighted by Crippen LogP contribution is -2.00. The highest BCUT2D eigenvalue weighted by molar-refractivity contribution is 5.93. The third-order valence-electron chi connectivity index (χ3n) is 3.92. The van der Waals surface area contributed by atoms with Crippen LogP contribution in [0.4, 0.5) is 0 Å². The lowest BCUT2D eigenvalue weighted by atomic mass is 10.0. The summed E-state index contributed by atoms with van der Waals surface area (Å²) in [6.45, 7) is 0. The van der Waals surface area contributed by atoms with Gasteiger partial charge in [-0.15, -0.1) is 10.2 Å². The molecule has 0 amide bonds. The van der Waals surface area contributed by atoms with Gasteiger partial charge in [0.05, 0.1) is 13.5 Å². The first-order chi connectivity index (χ1) is 12.1. The van der Waals surface area contributed by atoms with Gasteiger partial charge in [-0.3, -0.25) is 4.79 Å². The van der Waals surface area contributed by atoms with Crippen LogP contribution in [0.25, 0.3) is 33.7 Å². The highest BCUT2D eigenvalue weighted by atomic mass is 16.4. The van der Waals surface area contributed by atoms with E-state index in [1.807, 2.05) is 42.5 Å². The van der Waals surface area contributed by atoms with Gasteiger partial charge in [-0.2, -0.15) is 4.80 Å². The first kappa shape index (κ1) is 15.1. The molecule has 2 aromatic heterocycles. The quantitative estimate of drug-likeness (QED) is 0.617. The van der Waals surface area contributed by atoms with Gasteiger partial charge < -0.3 is 9.52 Å². The molecular formula is C18H14N4O3. The normalized spacial score (nSPS) is 11.1. The molecule has 0 saturated heterocycles. The van der Waals surface area contributed by atoms with Gasteiger partial charge in [0.15, 0.2) is 0 Å². The van der Waals surface area contributed by atoms with Gasteiger partial charge in [0.25, 0.3) is 0 Å². The summed E-state index contributed by atoms with van der Waals surface area (Å²) >= 11 is 0. The lowest BCUT2D eigenvalue weighted by molar-refractivity contribution is -0.136. The summed E-state index contributed by atoms with van der Waals surface area (Å²) in [5.41, 5.74) is 2.86. The molecule has 2 heterocycles. The topological polar surface area (TPSA) is 94.0 Å². The summed E-state index contributed by atoms with van der Waals surface area (Å²) < 4.78 is 5.96. The Labute approximate surface area is 142 Å². The van der Waals surface area contributed by atoms with Crippen LogP contribution in [0.2, 0.25) is 0 Å². The summed E-state index contributed by atoms with van der Waals surface area (Å²) in [6.07, 6.45) is -0.130. The van der Waals surface area contributed by atoms with Crippen LogP contribution < -0.4 is 0 Å². The van der Waals surface area contributed by atoms with Crippen LogP contribution in [0.3, 0.4) is 0 Å². The Bertz CT molecular complexity index is 1070. The molecule has 7 heteroatoms. The number of tetrazole rings is 1. The van der Waals surface area contributed by atoms with Gasteiger partial charge in [-0.05, 0) is 23.4 Å². The Kier molecular flexibility index (Phi) is 3.53. The van der Waals surface area contributed by atoms with Crippen molar-refractivity contribution in [2.75, 3.05) is 0 Å². The van der Waals surface area contributed by atoms with Crippen LogP contribution in [0, 0.1) is 0 Å². The van der Waals surface area contributed by atoms with Crippen molar-refractivity contribution in [2.45, 2.75) is 6.42 Å². The minimum atomic E-state index is -0.914. The third-order valence-corrected chi connectivity index (χ3v) is 3.92. The van der Waals surface area contributed by atoms with Gasteiger partial charge in [-0.1, -0.05) is 30.3 Å². The van der Waals surface area contributed by atoms with E-state index in [1.54, 1.807) is 13.1 Å². The number of aryl methyl sites for hydroxylation is 1. The van der Waals surface area contributed by atoms with E-state index in [0.29, 0.717) is 22.7 Å². The number of carboxylic acids is 1. The Hall–Kier alpha value is -3.48. The Morgan fingerprint density at radius 1 is 1.16 bits per heavy atom. The van der Waals surface area contributed by atoms with E-state index in [2.05, 4.69) is 15.4 Å². The van der Waals surface area contributed by atoms with Crippen LogP contribution in [-0.2, 0) is 18.3 Å². The molecule has 0 aliphatic carbocycles. The molecule has 0 aliphatic heterocycles. The molecule has 0 saturated carbocycles. The molecule has 25 heavy (non-hydrogen) atoms. The number of aromatic nitrogens is 4. The SMILES string of the molecule is Cn1nnc(-c2ccc3oc(-c4ccccc4)c(CC(=O)O)c3c2)n1. The number of aliphatic carboxylic acids is 1. The maximum Gasteiger partial charge on any atom is 0.307 e. The maximum absolute atomic E-state index is 11.4. The monoisotopic (exact) mass is 334 g/mol. The first-order valence-corrected chi connectivity index (χ1v) is 7.69. The van der Waals surface area contributed by atoms with Gasteiger partial charge in [-0.25, -0.2) is 0 Å². The van der Waals surface area contributed by atoms with Crippen molar-refractivity contribution in [3.8, 4) is 22.7 Å². The fourth-order valence-corrected chi connectivity index (χ4v) is 2.84. The van der Waals surface area contributed by atoms with Gasteiger partial charge in [0.2, 0.25) is 5.82 Å².